The van der Waals surface area contributed by atoms with Gasteiger partial charge in [-0.3, -0.25) is 0 Å². The maximum atomic E-state index is 12.5. The van der Waals surface area contributed by atoms with Gasteiger partial charge in [0, 0.05) is 28.1 Å². The van der Waals surface area contributed by atoms with Gasteiger partial charge in [-0.1, -0.05) is 75.2 Å². The van der Waals surface area contributed by atoms with E-state index < -0.39 is 18.3 Å². The lowest BCUT2D eigenvalue weighted by Crippen LogP contribution is -2.36. The number of aliphatic hydroxyl groups excluding tert-OH is 1. The average molecular weight is 1180 g/mol. The predicted molar refractivity (Wildman–Crippen MR) is 324 cm³/mol. The second kappa shape index (κ2) is 31.1. The number of unbranched alkanes of at least 4 members (excludes halogenated alkanes) is 2. The number of amides is 1. The van der Waals surface area contributed by atoms with E-state index in [1.165, 1.54) is 0 Å². The molecule has 4 aliphatic heterocycles. The highest BCUT2D eigenvalue weighted by Gasteiger charge is 2.26. The molecule has 0 spiro atoms. The summed E-state index contributed by atoms with van der Waals surface area (Å²) < 4.78 is 78.5. The van der Waals surface area contributed by atoms with Crippen LogP contribution in [0.3, 0.4) is 0 Å². The molecule has 4 unspecified atom stereocenters. The number of nitrogens with one attached hydrogen (secondary N) is 1. The quantitative estimate of drug-likeness (QED) is 0.0235. The topological polar surface area (TPSA) is 216 Å². The molecule has 0 bridgehead atoms. The van der Waals surface area contributed by atoms with Crippen LogP contribution in [0.1, 0.15) is 39.5 Å². The van der Waals surface area contributed by atoms with Crippen molar-refractivity contribution >= 4 is 49.2 Å². The summed E-state index contributed by atoms with van der Waals surface area (Å²) in [6.07, 6.45) is 4.38. The third-order valence-corrected chi connectivity index (χ3v) is 14.1. The van der Waals surface area contributed by atoms with Crippen molar-refractivity contribution in [1.82, 2.24) is 5.32 Å². The maximum Gasteiger partial charge on any atom is 0.407 e. The summed E-state index contributed by atoms with van der Waals surface area (Å²) in [7, 11) is 0. The number of aliphatic hydroxyl groups is 1. The lowest BCUT2D eigenvalue weighted by Gasteiger charge is -2.20. The van der Waals surface area contributed by atoms with Gasteiger partial charge in [0.05, 0.1) is 26.4 Å². The smallest absolute Gasteiger partial charge is 0.407 e. The SMILES string of the molecule is CCCCNC(=O)OC(COc1ccc2c(OCC3CO3)cccc2c1)COc1ccc2c(OCC3CO3)cccc2c1.CCCCOC#N.OC(COc1ccc2c(OCC3CO3)cccc2c1)COc1ccc2c(OCC3CO3)cccc2c1. The monoisotopic (exact) mass is 1170 g/mol. The molecular weight excluding hydrogens is 1100 g/mol. The Kier molecular flexibility index (Phi) is 21.9. The Morgan fingerprint density at radius 3 is 1.15 bits per heavy atom. The van der Waals surface area contributed by atoms with Crippen molar-refractivity contribution in [1.29, 1.82) is 5.26 Å². The van der Waals surface area contributed by atoms with Gasteiger partial charge in [-0.15, -0.1) is 0 Å². The molecule has 4 saturated heterocycles. The Bertz CT molecular complexity index is 3300. The largest absolute Gasteiger partial charge is 0.491 e. The molecular formula is C68H74N2O16. The molecule has 4 fully saturated rings. The number of carbonyl (C=O) groups excluding carboxylic acids is 1. The van der Waals surface area contributed by atoms with E-state index in [1.54, 1.807) is 6.26 Å². The molecule has 18 nitrogen and oxygen atoms in total. The first-order valence-corrected chi connectivity index (χ1v) is 29.5. The fraction of sp³-hybridized carbons (Fsp3) is 0.382. The van der Waals surface area contributed by atoms with Crippen molar-refractivity contribution in [3.05, 3.63) is 146 Å². The number of carbonyl (C=O) groups is 1. The molecule has 452 valence electrons. The summed E-state index contributed by atoms with van der Waals surface area (Å²) in [5, 5.41) is 29.1. The van der Waals surface area contributed by atoms with Gasteiger partial charge in [-0.2, -0.15) is 5.26 Å². The lowest BCUT2D eigenvalue weighted by atomic mass is 10.1. The second-order valence-electron chi connectivity index (χ2n) is 21.1. The number of hydrogen-bond donors (Lipinski definition) is 2. The third-order valence-electron chi connectivity index (χ3n) is 14.1. The van der Waals surface area contributed by atoms with Crippen LogP contribution in [0.15, 0.2) is 146 Å². The van der Waals surface area contributed by atoms with Gasteiger partial charge >= 0.3 is 6.09 Å². The average Bonchev–Trinajstić information content (AvgIpc) is 4.07. The van der Waals surface area contributed by atoms with Gasteiger partial charge in [-0.25, -0.2) is 4.79 Å². The first kappa shape index (κ1) is 60.7. The Labute approximate surface area is 500 Å². The number of nitrogens with zero attached hydrogens (tertiary/aromatic N) is 1. The zero-order valence-corrected chi connectivity index (χ0v) is 48.6. The number of ether oxygens (including phenoxy) is 14. The fourth-order valence-electron chi connectivity index (χ4n) is 8.93. The van der Waals surface area contributed by atoms with Crippen molar-refractivity contribution in [2.45, 2.75) is 76.2 Å². The van der Waals surface area contributed by atoms with Crippen LogP contribution in [0.25, 0.3) is 43.1 Å². The molecule has 8 aromatic rings. The molecule has 0 radical (unpaired) electrons. The zero-order valence-electron chi connectivity index (χ0n) is 48.6. The number of nitriles is 1. The highest BCUT2D eigenvalue weighted by molar-refractivity contribution is 5.92. The Morgan fingerprint density at radius 1 is 0.500 bits per heavy atom. The molecule has 8 aromatic carbocycles. The number of epoxide rings is 4. The van der Waals surface area contributed by atoms with Crippen LogP contribution in [0.4, 0.5) is 4.79 Å². The van der Waals surface area contributed by atoms with E-state index in [9.17, 15) is 9.90 Å². The van der Waals surface area contributed by atoms with Gasteiger partial charge in [0.25, 0.3) is 6.26 Å². The summed E-state index contributed by atoms with van der Waals surface area (Å²) in [5.74, 6) is 5.95. The van der Waals surface area contributed by atoms with Gasteiger partial charge in [0.15, 0.2) is 6.10 Å². The van der Waals surface area contributed by atoms with Crippen LogP contribution >= 0.6 is 0 Å². The summed E-state index contributed by atoms with van der Waals surface area (Å²) in [5.41, 5.74) is 0. The lowest BCUT2D eigenvalue weighted by molar-refractivity contribution is 0.0356. The minimum atomic E-state index is -0.780. The number of rotatable bonds is 31. The molecule has 12 rings (SSSR count). The van der Waals surface area contributed by atoms with Crippen LogP contribution in [-0.2, 0) is 28.4 Å². The van der Waals surface area contributed by atoms with Crippen molar-refractivity contribution in [2.75, 3.05) is 92.4 Å². The normalized spacial score (nSPS) is 17.5. The number of benzene rings is 8. The maximum absolute atomic E-state index is 12.5. The van der Waals surface area contributed by atoms with Crippen molar-refractivity contribution in [3.8, 4) is 52.3 Å². The molecule has 4 atom stereocenters. The highest BCUT2D eigenvalue weighted by Crippen LogP contribution is 2.34. The van der Waals surface area contributed by atoms with E-state index >= 15 is 0 Å². The molecule has 0 aliphatic carbocycles. The van der Waals surface area contributed by atoms with E-state index in [0.717, 1.165) is 118 Å². The molecule has 4 aliphatic rings. The van der Waals surface area contributed by atoms with Crippen molar-refractivity contribution in [3.63, 3.8) is 0 Å². The summed E-state index contributed by atoms with van der Waals surface area (Å²) in [6, 6.07) is 46.9. The van der Waals surface area contributed by atoms with E-state index in [2.05, 4.69) is 23.9 Å². The molecule has 2 N–H and O–H groups in total. The minimum absolute atomic E-state index is 0.121. The van der Waals surface area contributed by atoms with Crippen LogP contribution in [-0.4, -0.2) is 140 Å². The van der Waals surface area contributed by atoms with Crippen LogP contribution in [0.5, 0.6) is 46.0 Å². The van der Waals surface area contributed by atoms with E-state index in [-0.39, 0.29) is 50.8 Å². The second-order valence-corrected chi connectivity index (χ2v) is 21.1. The Balaban J connectivity index is 0.000000174. The molecule has 1 amide bonds. The highest BCUT2D eigenvalue weighted by atomic mass is 16.6. The predicted octanol–water partition coefficient (Wildman–Crippen LogP) is 11.6. The van der Waals surface area contributed by atoms with Gasteiger partial charge in [0.2, 0.25) is 0 Å². The Morgan fingerprint density at radius 2 is 0.837 bits per heavy atom. The first-order valence-electron chi connectivity index (χ1n) is 29.5. The molecule has 0 saturated carbocycles. The van der Waals surface area contributed by atoms with Crippen LogP contribution < -0.4 is 43.2 Å². The van der Waals surface area contributed by atoms with Gasteiger partial charge in [-0.05, 0) is 131 Å². The fourth-order valence-corrected chi connectivity index (χ4v) is 8.93. The van der Waals surface area contributed by atoms with Gasteiger partial charge in [0.1, 0.15) is 136 Å². The zero-order chi connectivity index (χ0) is 59.3. The number of hydrogen-bond acceptors (Lipinski definition) is 17. The van der Waals surface area contributed by atoms with Gasteiger partial charge < -0.3 is 76.7 Å². The van der Waals surface area contributed by atoms with Crippen LogP contribution in [0.2, 0.25) is 0 Å². The van der Waals surface area contributed by atoms with Crippen LogP contribution in [0, 0.1) is 11.5 Å². The number of alkyl carbamates (subject to hydrolysis) is 1. The Hall–Kier alpha value is -8.44. The minimum Gasteiger partial charge on any atom is -0.491 e. The number of fused-ring (bicyclic) bond motifs is 4. The summed E-state index contributed by atoms with van der Waals surface area (Å²) >= 11 is 0. The van der Waals surface area contributed by atoms with E-state index in [1.807, 2.05) is 146 Å². The van der Waals surface area contributed by atoms with E-state index in [0.29, 0.717) is 62.6 Å². The first-order chi connectivity index (χ1) is 42.3. The molecule has 4 heterocycles. The summed E-state index contributed by atoms with van der Waals surface area (Å²) in [6.45, 7) is 11.0. The van der Waals surface area contributed by atoms with E-state index in [4.69, 9.17) is 66.8 Å². The molecule has 18 heteroatoms. The third kappa shape index (κ3) is 19.0. The van der Waals surface area contributed by atoms with Crippen molar-refractivity contribution in [2.24, 2.45) is 0 Å². The molecule has 0 aromatic heterocycles. The summed E-state index contributed by atoms with van der Waals surface area (Å²) in [4.78, 5) is 12.5. The standard InChI is InChI=1S/C34H37NO8.C29H28O7.C5H9NO/c1-2-3-14-35-34(36)43-29(21-37-25-10-12-30-23(15-25)6-4-8-32(30)41-19-27-17-39-27)22-38-26-11-13-31-24(16-26)7-5-9-33(31)42-20-28-18-40-28;30-21(13-31-22-7-9-26-19(11-22)3-1-5-28(26)35-17-24-15-33-24)14-32-23-8-10-27-20(12-23)4-2-6-29(27)36-18-25-16-34-25;1-2-3-4-7-5-6/h4-13,15-16,27-29H,2-3,14,17-22H2,1H3,(H,35,36);1-12,21,24-25,30H,13-18H2;2-4H2,1H3. The molecule has 86 heavy (non-hydrogen) atoms. The van der Waals surface area contributed by atoms with Crippen molar-refractivity contribution < 1.29 is 76.2 Å².